The lowest BCUT2D eigenvalue weighted by Crippen LogP contribution is -2.39. The standard InChI is InChI=1S/C13H15NO3/c15-11-6-2-1-5-10(11)12(16)9-14-8-4-3-7-13(14)17/h1-2,5-6,15H,3-4,7-9H2. The van der Waals surface area contributed by atoms with Crippen LogP contribution in [-0.2, 0) is 4.79 Å². The molecule has 1 aliphatic rings. The van der Waals surface area contributed by atoms with Gasteiger partial charge in [0, 0.05) is 13.0 Å². The zero-order chi connectivity index (χ0) is 12.3. The number of ketones is 1. The van der Waals surface area contributed by atoms with Crippen molar-refractivity contribution in [3.63, 3.8) is 0 Å². The average Bonchev–Trinajstić information content (AvgIpc) is 2.32. The van der Waals surface area contributed by atoms with Gasteiger partial charge in [-0.2, -0.15) is 0 Å². The minimum atomic E-state index is -0.210. The minimum Gasteiger partial charge on any atom is -0.507 e. The van der Waals surface area contributed by atoms with E-state index in [9.17, 15) is 14.7 Å². The summed E-state index contributed by atoms with van der Waals surface area (Å²) < 4.78 is 0. The van der Waals surface area contributed by atoms with E-state index in [0.29, 0.717) is 13.0 Å². The van der Waals surface area contributed by atoms with E-state index < -0.39 is 0 Å². The third-order valence-electron chi connectivity index (χ3n) is 2.96. The van der Waals surface area contributed by atoms with E-state index in [1.165, 1.54) is 6.07 Å². The van der Waals surface area contributed by atoms with Crippen LogP contribution in [0.25, 0.3) is 0 Å². The van der Waals surface area contributed by atoms with Gasteiger partial charge in [0.2, 0.25) is 5.91 Å². The Hall–Kier alpha value is -1.84. The molecule has 1 fully saturated rings. The number of nitrogens with zero attached hydrogens (tertiary/aromatic N) is 1. The molecule has 1 aromatic rings. The Morgan fingerprint density at radius 1 is 1.29 bits per heavy atom. The van der Waals surface area contributed by atoms with E-state index in [-0.39, 0.29) is 29.5 Å². The predicted octanol–water partition coefficient (Wildman–Crippen LogP) is 1.59. The predicted molar refractivity (Wildman–Crippen MR) is 62.9 cm³/mol. The Labute approximate surface area is 99.9 Å². The number of aromatic hydroxyl groups is 1. The molecule has 0 aliphatic carbocycles. The molecule has 0 saturated carbocycles. The molecule has 1 aliphatic heterocycles. The molecule has 1 N–H and O–H groups in total. The summed E-state index contributed by atoms with van der Waals surface area (Å²) >= 11 is 0. The SMILES string of the molecule is O=C(CN1CCCCC1=O)c1ccccc1O. The van der Waals surface area contributed by atoms with Crippen molar-refractivity contribution >= 4 is 11.7 Å². The first-order valence-electron chi connectivity index (χ1n) is 5.77. The van der Waals surface area contributed by atoms with Crippen molar-refractivity contribution < 1.29 is 14.7 Å². The molecule has 0 aromatic heterocycles. The maximum Gasteiger partial charge on any atom is 0.222 e. The van der Waals surface area contributed by atoms with E-state index >= 15 is 0 Å². The van der Waals surface area contributed by atoms with Crippen LogP contribution in [0.2, 0.25) is 0 Å². The van der Waals surface area contributed by atoms with Crippen molar-refractivity contribution in [1.82, 2.24) is 4.90 Å². The highest BCUT2D eigenvalue weighted by Gasteiger charge is 2.21. The fraction of sp³-hybridized carbons (Fsp3) is 0.385. The zero-order valence-electron chi connectivity index (χ0n) is 9.56. The average molecular weight is 233 g/mol. The second-order valence-electron chi connectivity index (χ2n) is 4.21. The molecule has 2 rings (SSSR count). The first-order chi connectivity index (χ1) is 8.18. The van der Waals surface area contributed by atoms with Crippen molar-refractivity contribution in [3.05, 3.63) is 29.8 Å². The Morgan fingerprint density at radius 2 is 2.06 bits per heavy atom. The topological polar surface area (TPSA) is 57.6 Å². The van der Waals surface area contributed by atoms with Crippen LogP contribution < -0.4 is 0 Å². The monoisotopic (exact) mass is 233 g/mol. The van der Waals surface area contributed by atoms with Gasteiger partial charge in [-0.25, -0.2) is 0 Å². The molecule has 0 bridgehead atoms. The molecule has 1 aromatic carbocycles. The molecular weight excluding hydrogens is 218 g/mol. The maximum absolute atomic E-state index is 11.9. The van der Waals surface area contributed by atoms with Crippen molar-refractivity contribution in [2.75, 3.05) is 13.1 Å². The molecule has 4 heteroatoms. The number of hydrogen-bond acceptors (Lipinski definition) is 3. The quantitative estimate of drug-likeness (QED) is 0.806. The highest BCUT2D eigenvalue weighted by molar-refractivity contribution is 6.01. The minimum absolute atomic E-state index is 0.0260. The molecular formula is C13H15NO3. The second-order valence-corrected chi connectivity index (χ2v) is 4.21. The number of phenols is 1. The summed E-state index contributed by atoms with van der Waals surface area (Å²) in [6.07, 6.45) is 2.37. The normalized spacial score (nSPS) is 16.0. The van der Waals surface area contributed by atoms with Crippen molar-refractivity contribution in [3.8, 4) is 5.75 Å². The number of Topliss-reactive ketones (excluding diaryl/α,β-unsaturated/α-hetero) is 1. The number of piperidine rings is 1. The second kappa shape index (κ2) is 4.99. The summed E-state index contributed by atoms with van der Waals surface area (Å²) in [4.78, 5) is 25.1. The molecule has 17 heavy (non-hydrogen) atoms. The lowest BCUT2D eigenvalue weighted by Gasteiger charge is -2.25. The van der Waals surface area contributed by atoms with E-state index in [1.807, 2.05) is 0 Å². The van der Waals surface area contributed by atoms with Gasteiger partial charge < -0.3 is 10.0 Å². The van der Waals surface area contributed by atoms with Crippen LogP contribution in [0.3, 0.4) is 0 Å². The van der Waals surface area contributed by atoms with Gasteiger partial charge >= 0.3 is 0 Å². The lowest BCUT2D eigenvalue weighted by atomic mass is 10.1. The third-order valence-corrected chi connectivity index (χ3v) is 2.96. The van der Waals surface area contributed by atoms with Gasteiger partial charge in [0.25, 0.3) is 0 Å². The third kappa shape index (κ3) is 2.64. The number of hydrogen-bond donors (Lipinski definition) is 1. The summed E-state index contributed by atoms with van der Waals surface area (Å²) in [7, 11) is 0. The van der Waals surface area contributed by atoms with Crippen LogP contribution in [0.5, 0.6) is 5.75 Å². The first kappa shape index (κ1) is 11.6. The number of amides is 1. The van der Waals surface area contributed by atoms with Gasteiger partial charge in [-0.3, -0.25) is 9.59 Å². The van der Waals surface area contributed by atoms with Gasteiger partial charge in [-0.15, -0.1) is 0 Å². The Balaban J connectivity index is 2.06. The molecule has 1 saturated heterocycles. The van der Waals surface area contributed by atoms with Gasteiger partial charge in [0.05, 0.1) is 12.1 Å². The molecule has 0 unspecified atom stereocenters. The number of benzene rings is 1. The number of para-hydroxylation sites is 1. The fourth-order valence-corrected chi connectivity index (χ4v) is 2.00. The number of phenolic OH excluding ortho intramolecular Hbond substituents is 1. The van der Waals surface area contributed by atoms with Gasteiger partial charge in [-0.1, -0.05) is 12.1 Å². The van der Waals surface area contributed by atoms with Gasteiger partial charge in [-0.05, 0) is 25.0 Å². The van der Waals surface area contributed by atoms with Gasteiger partial charge in [0.15, 0.2) is 5.78 Å². The van der Waals surface area contributed by atoms with Gasteiger partial charge in [0.1, 0.15) is 5.75 Å². The van der Waals surface area contributed by atoms with Crippen molar-refractivity contribution in [1.29, 1.82) is 0 Å². The lowest BCUT2D eigenvalue weighted by molar-refractivity contribution is -0.132. The summed E-state index contributed by atoms with van der Waals surface area (Å²) in [5.41, 5.74) is 0.283. The van der Waals surface area contributed by atoms with Crippen LogP contribution >= 0.6 is 0 Å². The van der Waals surface area contributed by atoms with Crippen LogP contribution in [0.1, 0.15) is 29.6 Å². The smallest absolute Gasteiger partial charge is 0.222 e. The van der Waals surface area contributed by atoms with Crippen molar-refractivity contribution in [2.45, 2.75) is 19.3 Å². The summed E-state index contributed by atoms with van der Waals surface area (Å²) in [6.45, 7) is 0.703. The van der Waals surface area contributed by atoms with E-state index in [2.05, 4.69) is 0 Å². The highest BCUT2D eigenvalue weighted by Crippen LogP contribution is 2.18. The zero-order valence-corrected chi connectivity index (χ0v) is 9.56. The summed E-state index contributed by atoms with van der Waals surface area (Å²) in [5.74, 6) is -0.208. The number of rotatable bonds is 3. The van der Waals surface area contributed by atoms with E-state index in [0.717, 1.165) is 12.8 Å². The Morgan fingerprint density at radius 3 is 2.76 bits per heavy atom. The Kier molecular flexibility index (Phi) is 3.42. The summed E-state index contributed by atoms with van der Waals surface area (Å²) in [6, 6.07) is 6.42. The summed E-state index contributed by atoms with van der Waals surface area (Å²) in [5, 5.41) is 9.55. The van der Waals surface area contributed by atoms with Crippen LogP contribution in [0.15, 0.2) is 24.3 Å². The molecule has 90 valence electrons. The molecule has 0 spiro atoms. The number of carbonyl (C=O) groups is 2. The molecule has 1 heterocycles. The largest absolute Gasteiger partial charge is 0.507 e. The molecule has 4 nitrogen and oxygen atoms in total. The molecule has 0 radical (unpaired) electrons. The Bertz CT molecular complexity index is 442. The highest BCUT2D eigenvalue weighted by atomic mass is 16.3. The first-order valence-corrected chi connectivity index (χ1v) is 5.77. The van der Waals surface area contributed by atoms with E-state index in [4.69, 9.17) is 0 Å². The van der Waals surface area contributed by atoms with E-state index in [1.54, 1.807) is 23.1 Å². The maximum atomic E-state index is 11.9. The molecule has 1 amide bonds. The number of carbonyl (C=O) groups excluding carboxylic acids is 2. The fourth-order valence-electron chi connectivity index (χ4n) is 2.00. The van der Waals surface area contributed by atoms with Crippen molar-refractivity contribution in [2.24, 2.45) is 0 Å². The van der Waals surface area contributed by atoms with Crippen LogP contribution in [0, 0.1) is 0 Å². The number of likely N-dealkylation sites (tertiary alicyclic amines) is 1. The van der Waals surface area contributed by atoms with Crippen LogP contribution in [-0.4, -0.2) is 34.8 Å². The molecule has 0 atom stereocenters. The van der Waals surface area contributed by atoms with Crippen LogP contribution in [0.4, 0.5) is 0 Å².